The first kappa shape index (κ1) is 21.6. The first-order chi connectivity index (χ1) is 14.9. The summed E-state index contributed by atoms with van der Waals surface area (Å²) in [5, 5.41) is 2.86. The number of hydrogen-bond acceptors (Lipinski definition) is 4. The van der Waals surface area contributed by atoms with E-state index in [-0.39, 0.29) is 16.7 Å². The summed E-state index contributed by atoms with van der Waals surface area (Å²) < 4.78 is 41.9. The van der Waals surface area contributed by atoms with Crippen LogP contribution in [0.3, 0.4) is 0 Å². The van der Waals surface area contributed by atoms with E-state index < -0.39 is 10.0 Å². The number of halogens is 1. The summed E-state index contributed by atoms with van der Waals surface area (Å²) in [7, 11) is -3.66. The van der Waals surface area contributed by atoms with Crippen LogP contribution in [0, 0.1) is 5.82 Å². The van der Waals surface area contributed by atoms with E-state index in [0.717, 1.165) is 17.7 Å². The molecule has 1 N–H and O–H groups in total. The molecule has 2 aliphatic heterocycles. The molecule has 0 radical (unpaired) electrons. The van der Waals surface area contributed by atoms with E-state index in [1.165, 1.54) is 10.4 Å². The summed E-state index contributed by atoms with van der Waals surface area (Å²) in [4.78, 5) is 16.1. The van der Waals surface area contributed by atoms with Gasteiger partial charge in [-0.25, -0.2) is 17.6 Å². The van der Waals surface area contributed by atoms with Crippen molar-refractivity contribution in [2.45, 2.75) is 24.7 Å². The molecule has 2 heterocycles. The number of nitrogens with zero attached hydrogens (tertiary/aromatic N) is 3. The maximum absolute atomic E-state index is 14.0. The van der Waals surface area contributed by atoms with Gasteiger partial charge in [0.1, 0.15) is 5.82 Å². The molecule has 1 saturated heterocycles. The number of fused-ring (bicyclic) bond motifs is 1. The Kier molecular flexibility index (Phi) is 6.15. The number of piperazine rings is 1. The van der Waals surface area contributed by atoms with Crippen molar-refractivity contribution >= 4 is 27.4 Å². The molecule has 2 aromatic rings. The average Bonchev–Trinajstić information content (AvgIpc) is 3.21. The van der Waals surface area contributed by atoms with Crippen LogP contribution in [-0.4, -0.2) is 58.0 Å². The van der Waals surface area contributed by atoms with Crippen LogP contribution < -0.4 is 15.1 Å². The Morgan fingerprint density at radius 2 is 1.77 bits per heavy atom. The van der Waals surface area contributed by atoms with Gasteiger partial charge in [0.05, 0.1) is 10.6 Å². The fourth-order valence-corrected chi connectivity index (χ4v) is 5.58. The van der Waals surface area contributed by atoms with Crippen molar-refractivity contribution in [3.8, 4) is 0 Å². The van der Waals surface area contributed by atoms with Crippen molar-refractivity contribution < 1.29 is 17.6 Å². The van der Waals surface area contributed by atoms with Crippen LogP contribution in [0.1, 0.15) is 18.9 Å². The minimum Gasteiger partial charge on any atom is -0.367 e. The molecule has 0 saturated carbocycles. The Balaban J connectivity index is 1.47. The molecule has 0 aromatic heterocycles. The average molecular weight is 447 g/mol. The molecule has 0 unspecified atom stereocenters. The molecule has 166 valence electrons. The van der Waals surface area contributed by atoms with E-state index in [2.05, 4.69) is 5.32 Å². The lowest BCUT2D eigenvalue weighted by Gasteiger charge is -2.35. The second kappa shape index (κ2) is 8.84. The van der Waals surface area contributed by atoms with Gasteiger partial charge in [-0.15, -0.1) is 0 Å². The molecular weight excluding hydrogens is 419 g/mol. The summed E-state index contributed by atoms with van der Waals surface area (Å²) in [6, 6.07) is 11.4. The molecule has 0 bridgehead atoms. The molecule has 2 aromatic carbocycles. The highest BCUT2D eigenvalue weighted by atomic mass is 32.2. The van der Waals surface area contributed by atoms with Gasteiger partial charge in [0.15, 0.2) is 0 Å². The Morgan fingerprint density at radius 3 is 2.48 bits per heavy atom. The van der Waals surface area contributed by atoms with Gasteiger partial charge in [0.25, 0.3) is 0 Å². The number of anilines is 2. The lowest BCUT2D eigenvalue weighted by Crippen LogP contribution is -2.48. The fraction of sp³-hybridized carbons (Fsp3) is 0.409. The van der Waals surface area contributed by atoms with Crippen LogP contribution in [0.2, 0.25) is 0 Å². The molecule has 4 rings (SSSR count). The second-order valence-corrected chi connectivity index (χ2v) is 9.70. The van der Waals surface area contributed by atoms with Crippen LogP contribution in [0.5, 0.6) is 0 Å². The number of amides is 2. The highest BCUT2D eigenvalue weighted by Crippen LogP contribution is 2.31. The molecule has 0 spiro atoms. The standard InChI is InChI=1S/C22H27FN4O3S/c1-2-10-24-22(28)27-11-9-17-16-18(7-8-20(17)27)31(29,30)26-14-12-25(13-15-26)21-6-4-3-5-19(21)23/h3-8,16H,2,9-15H2,1H3,(H,24,28). The maximum atomic E-state index is 14.0. The number of carbonyl (C=O) groups is 1. The maximum Gasteiger partial charge on any atom is 0.321 e. The van der Waals surface area contributed by atoms with Gasteiger partial charge in [-0.1, -0.05) is 19.1 Å². The molecule has 1 fully saturated rings. The van der Waals surface area contributed by atoms with Crippen LogP contribution in [0.15, 0.2) is 47.4 Å². The zero-order valence-electron chi connectivity index (χ0n) is 17.6. The number of sulfonamides is 1. The largest absolute Gasteiger partial charge is 0.367 e. The fourth-order valence-electron chi connectivity index (χ4n) is 4.10. The number of benzene rings is 2. The highest BCUT2D eigenvalue weighted by Gasteiger charge is 2.31. The third kappa shape index (κ3) is 4.24. The van der Waals surface area contributed by atoms with Gasteiger partial charge in [-0.05, 0) is 48.7 Å². The SMILES string of the molecule is CCCNC(=O)N1CCc2cc(S(=O)(=O)N3CCN(c4ccccc4F)CC3)ccc21. The van der Waals surface area contributed by atoms with E-state index in [0.29, 0.717) is 51.4 Å². The van der Waals surface area contributed by atoms with Crippen LogP contribution >= 0.6 is 0 Å². The third-order valence-electron chi connectivity index (χ3n) is 5.79. The normalized spacial score (nSPS) is 17.0. The summed E-state index contributed by atoms with van der Waals surface area (Å²) in [6.07, 6.45) is 1.48. The highest BCUT2D eigenvalue weighted by molar-refractivity contribution is 7.89. The molecule has 0 aliphatic carbocycles. The Morgan fingerprint density at radius 1 is 1.03 bits per heavy atom. The lowest BCUT2D eigenvalue weighted by atomic mass is 10.2. The van der Waals surface area contributed by atoms with Crippen molar-refractivity contribution in [3.63, 3.8) is 0 Å². The molecule has 9 heteroatoms. The number of rotatable bonds is 5. The van der Waals surface area contributed by atoms with Crippen molar-refractivity contribution in [1.82, 2.24) is 9.62 Å². The lowest BCUT2D eigenvalue weighted by molar-refractivity contribution is 0.247. The topological polar surface area (TPSA) is 73.0 Å². The van der Waals surface area contributed by atoms with E-state index in [4.69, 9.17) is 0 Å². The number of para-hydroxylation sites is 1. The van der Waals surface area contributed by atoms with E-state index >= 15 is 0 Å². The summed E-state index contributed by atoms with van der Waals surface area (Å²) in [5.74, 6) is -0.301. The number of nitrogens with one attached hydrogen (secondary N) is 1. The molecule has 31 heavy (non-hydrogen) atoms. The predicted molar refractivity (Wildman–Crippen MR) is 119 cm³/mol. The second-order valence-electron chi connectivity index (χ2n) is 7.77. The molecule has 0 atom stereocenters. The van der Waals surface area contributed by atoms with Crippen LogP contribution in [0.4, 0.5) is 20.6 Å². The summed E-state index contributed by atoms with van der Waals surface area (Å²) in [6.45, 7) is 4.57. The first-order valence-electron chi connectivity index (χ1n) is 10.6. The van der Waals surface area contributed by atoms with Crippen molar-refractivity contribution in [3.05, 3.63) is 53.8 Å². The van der Waals surface area contributed by atoms with Crippen LogP contribution in [-0.2, 0) is 16.4 Å². The van der Waals surface area contributed by atoms with Gasteiger partial charge in [0.2, 0.25) is 10.0 Å². The zero-order chi connectivity index (χ0) is 22.0. The summed E-state index contributed by atoms with van der Waals surface area (Å²) >= 11 is 0. The zero-order valence-corrected chi connectivity index (χ0v) is 18.4. The minimum atomic E-state index is -3.66. The Labute approximate surface area is 182 Å². The molecule has 2 amide bonds. The van der Waals surface area contributed by atoms with Crippen molar-refractivity contribution in [2.75, 3.05) is 49.1 Å². The predicted octanol–water partition coefficient (Wildman–Crippen LogP) is 2.82. The minimum absolute atomic E-state index is 0.152. The van der Waals surface area contributed by atoms with Crippen molar-refractivity contribution in [2.24, 2.45) is 0 Å². The smallest absolute Gasteiger partial charge is 0.321 e. The quantitative estimate of drug-likeness (QED) is 0.767. The number of urea groups is 1. The summed E-state index contributed by atoms with van der Waals surface area (Å²) in [5.41, 5.74) is 2.12. The molecular formula is C22H27FN4O3S. The monoisotopic (exact) mass is 446 g/mol. The number of hydrogen-bond donors (Lipinski definition) is 1. The van der Waals surface area contributed by atoms with E-state index in [9.17, 15) is 17.6 Å². The van der Waals surface area contributed by atoms with Gasteiger partial charge in [-0.2, -0.15) is 4.31 Å². The van der Waals surface area contributed by atoms with E-state index in [1.807, 2.05) is 11.8 Å². The van der Waals surface area contributed by atoms with Gasteiger partial charge in [0, 0.05) is 45.0 Å². The van der Waals surface area contributed by atoms with E-state index in [1.54, 1.807) is 41.3 Å². The van der Waals surface area contributed by atoms with Gasteiger partial charge >= 0.3 is 6.03 Å². The molecule has 7 nitrogen and oxygen atoms in total. The molecule has 2 aliphatic rings. The Hall–Kier alpha value is -2.65. The van der Waals surface area contributed by atoms with Gasteiger partial charge < -0.3 is 10.2 Å². The first-order valence-corrected chi connectivity index (χ1v) is 12.0. The number of carbonyl (C=O) groups excluding carboxylic acids is 1. The third-order valence-corrected chi connectivity index (χ3v) is 7.68. The van der Waals surface area contributed by atoms with Gasteiger partial charge in [-0.3, -0.25) is 4.90 Å². The van der Waals surface area contributed by atoms with Crippen LogP contribution in [0.25, 0.3) is 0 Å². The van der Waals surface area contributed by atoms with Crippen molar-refractivity contribution in [1.29, 1.82) is 0 Å². The Bertz CT molecular complexity index is 1070.